The number of carbonyl (C=O) groups excluding carboxylic acids is 1. The van der Waals surface area contributed by atoms with Crippen LogP contribution >= 0.6 is 0 Å². The van der Waals surface area contributed by atoms with Crippen LogP contribution in [0.5, 0.6) is 0 Å². The van der Waals surface area contributed by atoms with Crippen molar-refractivity contribution in [3.63, 3.8) is 0 Å². The molecular formula is C9H17F3N2O2. The van der Waals surface area contributed by atoms with Crippen molar-refractivity contribution in [1.29, 1.82) is 0 Å². The van der Waals surface area contributed by atoms with Gasteiger partial charge < -0.3 is 15.8 Å². The maximum absolute atomic E-state index is 11.7. The highest BCUT2D eigenvalue weighted by Crippen LogP contribution is 2.14. The first-order valence-corrected chi connectivity index (χ1v) is 4.77. The summed E-state index contributed by atoms with van der Waals surface area (Å²) in [6, 6.07) is 0. The molecule has 0 atom stereocenters. The molecule has 0 unspecified atom stereocenters. The average molecular weight is 242 g/mol. The Morgan fingerprint density at radius 2 is 1.94 bits per heavy atom. The SMILES string of the molecule is CC(C)(CN)CNC(=O)COCC(F)(F)F. The van der Waals surface area contributed by atoms with Crippen molar-refractivity contribution in [2.45, 2.75) is 20.0 Å². The summed E-state index contributed by atoms with van der Waals surface area (Å²) in [7, 11) is 0. The van der Waals surface area contributed by atoms with Crippen molar-refractivity contribution in [3.8, 4) is 0 Å². The van der Waals surface area contributed by atoms with Gasteiger partial charge in [0.1, 0.15) is 13.2 Å². The predicted molar refractivity (Wildman–Crippen MR) is 52.7 cm³/mol. The van der Waals surface area contributed by atoms with E-state index in [-0.39, 0.29) is 5.41 Å². The maximum Gasteiger partial charge on any atom is 0.411 e. The van der Waals surface area contributed by atoms with Gasteiger partial charge in [0.2, 0.25) is 5.91 Å². The lowest BCUT2D eigenvalue weighted by Crippen LogP contribution is -2.40. The molecule has 0 aromatic heterocycles. The molecule has 0 heterocycles. The van der Waals surface area contributed by atoms with Crippen LogP contribution in [-0.4, -0.2) is 38.4 Å². The van der Waals surface area contributed by atoms with Crippen LogP contribution in [0.4, 0.5) is 13.2 Å². The van der Waals surface area contributed by atoms with Crippen molar-refractivity contribution in [1.82, 2.24) is 5.32 Å². The van der Waals surface area contributed by atoms with E-state index in [2.05, 4.69) is 10.1 Å². The molecule has 0 radical (unpaired) electrons. The van der Waals surface area contributed by atoms with E-state index in [1.54, 1.807) is 0 Å². The molecule has 0 rings (SSSR count). The van der Waals surface area contributed by atoms with Crippen LogP contribution in [0.3, 0.4) is 0 Å². The summed E-state index contributed by atoms with van der Waals surface area (Å²) in [5.74, 6) is -0.578. The van der Waals surface area contributed by atoms with E-state index in [9.17, 15) is 18.0 Å². The average Bonchev–Trinajstić information content (AvgIpc) is 2.13. The zero-order chi connectivity index (χ0) is 12.8. The number of alkyl halides is 3. The Hall–Kier alpha value is -0.820. The van der Waals surface area contributed by atoms with E-state index in [0.717, 1.165) is 0 Å². The summed E-state index contributed by atoms with van der Waals surface area (Å²) >= 11 is 0. The lowest BCUT2D eigenvalue weighted by atomic mass is 9.94. The van der Waals surface area contributed by atoms with Gasteiger partial charge in [-0.2, -0.15) is 13.2 Å². The van der Waals surface area contributed by atoms with Crippen LogP contribution in [0, 0.1) is 5.41 Å². The first kappa shape index (κ1) is 15.2. The van der Waals surface area contributed by atoms with Crippen molar-refractivity contribution < 1.29 is 22.7 Å². The second kappa shape index (κ2) is 6.05. The fourth-order valence-electron chi connectivity index (χ4n) is 0.721. The van der Waals surface area contributed by atoms with Crippen molar-refractivity contribution in [3.05, 3.63) is 0 Å². The highest BCUT2D eigenvalue weighted by Gasteiger charge is 2.27. The Morgan fingerprint density at radius 3 is 2.38 bits per heavy atom. The van der Waals surface area contributed by atoms with E-state index in [0.29, 0.717) is 13.1 Å². The van der Waals surface area contributed by atoms with Crippen molar-refractivity contribution >= 4 is 5.91 Å². The van der Waals surface area contributed by atoms with Crippen LogP contribution in [0.25, 0.3) is 0 Å². The Kier molecular flexibility index (Phi) is 5.74. The fraction of sp³-hybridized carbons (Fsp3) is 0.889. The minimum atomic E-state index is -4.41. The molecule has 0 spiro atoms. The summed E-state index contributed by atoms with van der Waals surface area (Å²) < 4.78 is 39.2. The molecule has 16 heavy (non-hydrogen) atoms. The molecule has 3 N–H and O–H groups in total. The van der Waals surface area contributed by atoms with Gasteiger partial charge in [0.05, 0.1) is 0 Å². The molecule has 0 saturated carbocycles. The van der Waals surface area contributed by atoms with Crippen molar-refractivity contribution in [2.24, 2.45) is 11.1 Å². The maximum atomic E-state index is 11.7. The zero-order valence-corrected chi connectivity index (χ0v) is 9.36. The second-order valence-electron chi connectivity index (χ2n) is 4.25. The third-order valence-electron chi connectivity index (χ3n) is 1.82. The first-order chi connectivity index (χ1) is 7.16. The topological polar surface area (TPSA) is 64.3 Å². The van der Waals surface area contributed by atoms with Crippen LogP contribution in [0.2, 0.25) is 0 Å². The zero-order valence-electron chi connectivity index (χ0n) is 9.36. The van der Waals surface area contributed by atoms with E-state index in [1.807, 2.05) is 13.8 Å². The van der Waals surface area contributed by atoms with E-state index < -0.39 is 25.3 Å². The third-order valence-corrected chi connectivity index (χ3v) is 1.82. The van der Waals surface area contributed by atoms with Gasteiger partial charge in [-0.15, -0.1) is 0 Å². The smallest absolute Gasteiger partial charge is 0.362 e. The van der Waals surface area contributed by atoms with Crippen LogP contribution in [-0.2, 0) is 9.53 Å². The number of hydrogen-bond donors (Lipinski definition) is 2. The lowest BCUT2D eigenvalue weighted by Gasteiger charge is -2.22. The number of halogens is 3. The number of nitrogens with two attached hydrogens (primary N) is 1. The summed E-state index contributed by atoms with van der Waals surface area (Å²) in [5, 5.41) is 2.45. The molecule has 0 aliphatic carbocycles. The molecule has 0 aliphatic heterocycles. The highest BCUT2D eigenvalue weighted by molar-refractivity contribution is 5.77. The van der Waals surface area contributed by atoms with Gasteiger partial charge >= 0.3 is 6.18 Å². The number of amides is 1. The monoisotopic (exact) mass is 242 g/mol. The molecule has 0 aromatic rings. The van der Waals surface area contributed by atoms with Gasteiger partial charge in [-0.05, 0) is 12.0 Å². The highest BCUT2D eigenvalue weighted by atomic mass is 19.4. The van der Waals surface area contributed by atoms with Gasteiger partial charge in [-0.25, -0.2) is 0 Å². The van der Waals surface area contributed by atoms with Crippen molar-refractivity contribution in [2.75, 3.05) is 26.3 Å². The molecule has 96 valence electrons. The molecule has 0 aromatic carbocycles. The molecule has 7 heteroatoms. The predicted octanol–water partition coefficient (Wildman–Crippen LogP) is 0.666. The molecule has 0 aliphatic rings. The number of hydrogen-bond acceptors (Lipinski definition) is 3. The fourth-order valence-corrected chi connectivity index (χ4v) is 0.721. The molecule has 0 saturated heterocycles. The summed E-state index contributed by atoms with van der Waals surface area (Å²) in [6.45, 7) is 2.34. The summed E-state index contributed by atoms with van der Waals surface area (Å²) in [6.07, 6.45) is -4.41. The Labute approximate surface area is 92.3 Å². The van der Waals surface area contributed by atoms with E-state index in [4.69, 9.17) is 5.73 Å². The van der Waals surface area contributed by atoms with Crippen LogP contribution in [0.1, 0.15) is 13.8 Å². The first-order valence-electron chi connectivity index (χ1n) is 4.77. The number of ether oxygens (including phenoxy) is 1. The molecule has 0 bridgehead atoms. The number of nitrogens with one attached hydrogen (secondary N) is 1. The summed E-state index contributed by atoms with van der Waals surface area (Å²) in [5.41, 5.74) is 5.14. The Morgan fingerprint density at radius 1 is 1.38 bits per heavy atom. The van der Waals surface area contributed by atoms with Gasteiger partial charge in [-0.1, -0.05) is 13.8 Å². The third kappa shape index (κ3) is 8.49. The van der Waals surface area contributed by atoms with Crippen LogP contribution in [0.15, 0.2) is 0 Å². The van der Waals surface area contributed by atoms with Crippen LogP contribution < -0.4 is 11.1 Å². The Balaban J connectivity index is 3.68. The molecular weight excluding hydrogens is 225 g/mol. The summed E-state index contributed by atoms with van der Waals surface area (Å²) in [4.78, 5) is 11.0. The molecule has 1 amide bonds. The largest absolute Gasteiger partial charge is 0.411 e. The number of rotatable bonds is 6. The van der Waals surface area contributed by atoms with Gasteiger partial charge in [0.25, 0.3) is 0 Å². The quantitative estimate of drug-likeness (QED) is 0.719. The second-order valence-corrected chi connectivity index (χ2v) is 4.25. The standard InChI is InChI=1S/C9H17F3N2O2/c1-8(2,4-13)5-14-7(15)3-16-6-9(10,11)12/h3-6,13H2,1-2H3,(H,14,15). The van der Waals surface area contributed by atoms with E-state index in [1.165, 1.54) is 0 Å². The number of carbonyl (C=O) groups is 1. The van der Waals surface area contributed by atoms with E-state index >= 15 is 0 Å². The van der Waals surface area contributed by atoms with Gasteiger partial charge in [0, 0.05) is 6.54 Å². The molecule has 0 fully saturated rings. The lowest BCUT2D eigenvalue weighted by molar-refractivity contribution is -0.175. The molecule has 4 nitrogen and oxygen atoms in total. The van der Waals surface area contributed by atoms with Gasteiger partial charge in [0.15, 0.2) is 0 Å². The minimum Gasteiger partial charge on any atom is -0.362 e. The normalized spacial score (nSPS) is 12.6. The van der Waals surface area contributed by atoms with Gasteiger partial charge in [-0.3, -0.25) is 4.79 Å². The Bertz CT molecular complexity index is 229. The minimum absolute atomic E-state index is 0.278.